The Morgan fingerprint density at radius 1 is 1.43 bits per heavy atom. The van der Waals surface area contributed by atoms with E-state index in [1.807, 2.05) is 0 Å². The summed E-state index contributed by atoms with van der Waals surface area (Å²) in [4.78, 5) is 0.173. The molecule has 6 heteroatoms. The van der Waals surface area contributed by atoms with Gasteiger partial charge in [0.05, 0.1) is 7.11 Å². The summed E-state index contributed by atoms with van der Waals surface area (Å²) >= 11 is 0. The quantitative estimate of drug-likeness (QED) is 0.871. The summed E-state index contributed by atoms with van der Waals surface area (Å²) < 4.78 is 33.1. The molecular weight excluding hydrogens is 288 g/mol. The zero-order chi connectivity index (χ0) is 15.7. The molecule has 5 nitrogen and oxygen atoms in total. The molecule has 1 saturated carbocycles. The minimum Gasteiger partial charge on any atom is -0.495 e. The topological polar surface area (TPSA) is 81.4 Å². The van der Waals surface area contributed by atoms with E-state index >= 15 is 0 Å². The second kappa shape index (κ2) is 5.94. The summed E-state index contributed by atoms with van der Waals surface area (Å²) in [6.45, 7) is 4.68. The fourth-order valence-corrected chi connectivity index (χ4v) is 4.30. The third-order valence-corrected chi connectivity index (χ3v) is 5.60. The smallest absolute Gasteiger partial charge is 0.244 e. The maximum atomic E-state index is 12.6. The fraction of sp³-hybridized carbons (Fsp3) is 0.600. The molecule has 21 heavy (non-hydrogen) atoms. The zero-order valence-corrected chi connectivity index (χ0v) is 13.7. The largest absolute Gasteiger partial charge is 0.495 e. The fourth-order valence-electron chi connectivity index (χ4n) is 2.88. The summed E-state index contributed by atoms with van der Waals surface area (Å²) in [5.41, 5.74) is 6.61. The Hall–Kier alpha value is -1.11. The van der Waals surface area contributed by atoms with Crippen molar-refractivity contribution in [3.05, 3.63) is 23.8 Å². The van der Waals surface area contributed by atoms with Crippen LogP contribution in [0.3, 0.4) is 0 Å². The first-order valence-electron chi connectivity index (χ1n) is 7.17. The summed E-state index contributed by atoms with van der Waals surface area (Å²) in [6, 6.07) is 4.94. The maximum absolute atomic E-state index is 12.6. The van der Waals surface area contributed by atoms with Gasteiger partial charge in [0.1, 0.15) is 10.6 Å². The number of rotatable bonds is 5. The van der Waals surface area contributed by atoms with E-state index in [2.05, 4.69) is 18.6 Å². The van der Waals surface area contributed by atoms with Crippen molar-refractivity contribution in [2.45, 2.75) is 50.6 Å². The number of hydrogen-bond acceptors (Lipinski definition) is 4. The summed E-state index contributed by atoms with van der Waals surface area (Å²) in [7, 11) is -2.11. The van der Waals surface area contributed by atoms with Gasteiger partial charge in [0.25, 0.3) is 0 Å². The van der Waals surface area contributed by atoms with Gasteiger partial charge in [0.2, 0.25) is 10.0 Å². The first-order chi connectivity index (χ1) is 9.77. The SMILES string of the molecule is COc1cc(CN)ccc1S(=O)(=O)NC1CCC(C)(C)C1. The van der Waals surface area contributed by atoms with Crippen LogP contribution in [-0.4, -0.2) is 21.6 Å². The molecule has 0 radical (unpaired) electrons. The van der Waals surface area contributed by atoms with Gasteiger partial charge in [0, 0.05) is 12.6 Å². The van der Waals surface area contributed by atoms with Crippen molar-refractivity contribution in [3.63, 3.8) is 0 Å². The normalized spacial score (nSPS) is 21.4. The van der Waals surface area contributed by atoms with Crippen molar-refractivity contribution in [2.75, 3.05) is 7.11 Å². The first-order valence-corrected chi connectivity index (χ1v) is 8.65. The Kier molecular flexibility index (Phi) is 4.60. The Balaban J connectivity index is 2.24. The van der Waals surface area contributed by atoms with Crippen LogP contribution in [0.5, 0.6) is 5.75 Å². The van der Waals surface area contributed by atoms with E-state index in [1.165, 1.54) is 7.11 Å². The van der Waals surface area contributed by atoms with E-state index in [9.17, 15) is 8.42 Å². The van der Waals surface area contributed by atoms with E-state index < -0.39 is 10.0 Å². The lowest BCUT2D eigenvalue weighted by molar-refractivity contribution is 0.372. The molecule has 1 aliphatic rings. The average Bonchev–Trinajstić information content (AvgIpc) is 2.76. The number of hydrogen-bond donors (Lipinski definition) is 2. The number of ether oxygens (including phenoxy) is 1. The van der Waals surface area contributed by atoms with Crippen LogP contribution in [-0.2, 0) is 16.6 Å². The highest BCUT2D eigenvalue weighted by molar-refractivity contribution is 7.89. The van der Waals surface area contributed by atoms with Crippen LogP contribution >= 0.6 is 0 Å². The van der Waals surface area contributed by atoms with Crippen LogP contribution < -0.4 is 15.2 Å². The monoisotopic (exact) mass is 312 g/mol. The van der Waals surface area contributed by atoms with Gasteiger partial charge >= 0.3 is 0 Å². The molecular formula is C15H24N2O3S. The number of nitrogens with two attached hydrogens (primary N) is 1. The highest BCUT2D eigenvalue weighted by atomic mass is 32.2. The summed E-state index contributed by atoms with van der Waals surface area (Å²) in [5.74, 6) is 0.336. The third kappa shape index (κ3) is 3.75. The lowest BCUT2D eigenvalue weighted by atomic mass is 9.92. The van der Waals surface area contributed by atoms with Gasteiger partial charge in [-0.15, -0.1) is 0 Å². The lowest BCUT2D eigenvalue weighted by Gasteiger charge is -2.18. The molecule has 0 bridgehead atoms. The van der Waals surface area contributed by atoms with Crippen LogP contribution in [0, 0.1) is 5.41 Å². The van der Waals surface area contributed by atoms with Gasteiger partial charge in [0.15, 0.2) is 0 Å². The van der Waals surface area contributed by atoms with Gasteiger partial charge in [-0.2, -0.15) is 0 Å². The van der Waals surface area contributed by atoms with E-state index in [1.54, 1.807) is 18.2 Å². The maximum Gasteiger partial charge on any atom is 0.244 e. The molecule has 118 valence electrons. The first kappa shape index (κ1) is 16.3. The highest BCUT2D eigenvalue weighted by Crippen LogP contribution is 2.37. The van der Waals surface area contributed by atoms with Crippen molar-refractivity contribution in [2.24, 2.45) is 11.1 Å². The second-order valence-corrected chi connectivity index (χ2v) is 8.10. The van der Waals surface area contributed by atoms with E-state index in [4.69, 9.17) is 10.5 Å². The number of benzene rings is 1. The van der Waals surface area contributed by atoms with Crippen LogP contribution in [0.1, 0.15) is 38.7 Å². The average molecular weight is 312 g/mol. The van der Waals surface area contributed by atoms with Gasteiger partial charge in [-0.25, -0.2) is 13.1 Å². The third-order valence-electron chi connectivity index (χ3n) is 4.04. The Labute approximate surface area is 126 Å². The zero-order valence-electron chi connectivity index (χ0n) is 12.8. The minimum atomic E-state index is -3.58. The highest BCUT2D eigenvalue weighted by Gasteiger charge is 2.34. The van der Waals surface area contributed by atoms with Crippen molar-refractivity contribution >= 4 is 10.0 Å². The number of sulfonamides is 1. The molecule has 2 rings (SSSR count). The summed E-state index contributed by atoms with van der Waals surface area (Å²) in [6.07, 6.45) is 2.76. The minimum absolute atomic E-state index is 0.0103. The van der Waals surface area contributed by atoms with Gasteiger partial charge in [-0.3, -0.25) is 0 Å². The molecule has 0 aliphatic heterocycles. The Morgan fingerprint density at radius 2 is 2.14 bits per heavy atom. The van der Waals surface area contributed by atoms with Crippen molar-refractivity contribution < 1.29 is 13.2 Å². The molecule has 1 unspecified atom stereocenters. The molecule has 0 aromatic heterocycles. The number of methoxy groups -OCH3 is 1. The van der Waals surface area contributed by atoms with Crippen molar-refractivity contribution in [3.8, 4) is 5.75 Å². The molecule has 3 N–H and O–H groups in total. The second-order valence-electron chi connectivity index (χ2n) is 6.41. The summed E-state index contributed by atoms with van der Waals surface area (Å²) in [5, 5.41) is 0. The molecule has 1 aliphatic carbocycles. The number of nitrogens with one attached hydrogen (secondary N) is 1. The van der Waals surface area contributed by atoms with Crippen LogP contribution in [0.25, 0.3) is 0 Å². The molecule has 0 amide bonds. The Morgan fingerprint density at radius 3 is 2.67 bits per heavy atom. The predicted molar refractivity (Wildman–Crippen MR) is 82.6 cm³/mol. The molecule has 0 spiro atoms. The van der Waals surface area contributed by atoms with E-state index in [-0.39, 0.29) is 16.4 Å². The van der Waals surface area contributed by atoms with E-state index in [0.29, 0.717) is 12.3 Å². The molecule has 1 aromatic rings. The van der Waals surface area contributed by atoms with Crippen LogP contribution in [0.2, 0.25) is 0 Å². The van der Waals surface area contributed by atoms with E-state index in [0.717, 1.165) is 24.8 Å². The van der Waals surface area contributed by atoms with Crippen LogP contribution in [0.4, 0.5) is 0 Å². The standard InChI is InChI=1S/C15H24N2O3S/c1-15(2)7-6-12(9-15)17-21(18,19)14-5-4-11(10-16)8-13(14)20-3/h4-5,8,12,17H,6-7,9-10,16H2,1-3H3. The van der Waals surface area contributed by atoms with Crippen molar-refractivity contribution in [1.29, 1.82) is 0 Å². The molecule has 0 saturated heterocycles. The van der Waals surface area contributed by atoms with Gasteiger partial charge < -0.3 is 10.5 Å². The lowest BCUT2D eigenvalue weighted by Crippen LogP contribution is -2.33. The van der Waals surface area contributed by atoms with Crippen LogP contribution in [0.15, 0.2) is 23.1 Å². The Bertz CT molecular complexity index is 611. The molecule has 0 heterocycles. The van der Waals surface area contributed by atoms with Gasteiger partial charge in [-0.1, -0.05) is 19.9 Å². The molecule has 1 aromatic carbocycles. The predicted octanol–water partition coefficient (Wildman–Crippen LogP) is 2.01. The molecule has 1 atom stereocenters. The van der Waals surface area contributed by atoms with Gasteiger partial charge in [-0.05, 0) is 42.4 Å². The molecule has 1 fully saturated rings. The van der Waals surface area contributed by atoms with Crippen molar-refractivity contribution in [1.82, 2.24) is 4.72 Å².